The molecule has 0 unspecified atom stereocenters. The Kier molecular flexibility index (Phi) is 5.82. The fourth-order valence-electron chi connectivity index (χ4n) is 3.41. The van der Waals surface area contributed by atoms with E-state index in [1.165, 1.54) is 6.07 Å². The van der Waals surface area contributed by atoms with E-state index in [2.05, 4.69) is 14.6 Å². The molecule has 1 aliphatic heterocycles. The van der Waals surface area contributed by atoms with Gasteiger partial charge >= 0.3 is 6.61 Å². The Balaban J connectivity index is 1.56. The molecule has 3 rings (SSSR count). The predicted octanol–water partition coefficient (Wildman–Crippen LogP) is 2.35. The molecule has 1 fully saturated rings. The number of halogens is 2. The molecule has 0 atom stereocenters. The zero-order chi connectivity index (χ0) is 18.5. The minimum atomic E-state index is -2.81. The summed E-state index contributed by atoms with van der Waals surface area (Å²) in [6.07, 6.45) is 5.31. The highest BCUT2D eigenvalue weighted by Gasteiger charge is 2.24. The molecule has 1 aromatic carbocycles. The molecule has 140 valence electrons. The smallest absolute Gasteiger partial charge is 0.387 e. The monoisotopic (exact) mass is 364 g/mol. The number of imidazole rings is 1. The number of rotatable bonds is 7. The number of amides is 1. The highest BCUT2D eigenvalue weighted by Crippen LogP contribution is 2.28. The van der Waals surface area contributed by atoms with Gasteiger partial charge in [0.25, 0.3) is 0 Å². The van der Waals surface area contributed by atoms with Gasteiger partial charge in [0.15, 0.2) is 0 Å². The average Bonchev–Trinajstić information content (AvgIpc) is 3.02. The van der Waals surface area contributed by atoms with Crippen LogP contribution in [0.2, 0.25) is 0 Å². The summed E-state index contributed by atoms with van der Waals surface area (Å²) in [7, 11) is 0. The third-order valence-electron chi connectivity index (χ3n) is 4.56. The molecule has 0 aliphatic carbocycles. The zero-order valence-corrected chi connectivity index (χ0v) is 14.4. The first-order chi connectivity index (χ1) is 12.5. The van der Waals surface area contributed by atoms with Gasteiger partial charge in [-0.05, 0) is 43.6 Å². The minimum Gasteiger partial charge on any atom is -0.435 e. The van der Waals surface area contributed by atoms with Gasteiger partial charge in [0.1, 0.15) is 18.1 Å². The normalized spacial score (nSPS) is 16.1. The van der Waals surface area contributed by atoms with Crippen LogP contribution in [0.4, 0.5) is 8.78 Å². The van der Waals surface area contributed by atoms with Crippen LogP contribution in [0.25, 0.3) is 0 Å². The SMILES string of the molecule is NC(=O)Cn1ccnc1C1CCN(Cc2cccc(OC(F)F)c2)CC1. The van der Waals surface area contributed by atoms with E-state index >= 15 is 0 Å². The number of nitrogens with two attached hydrogens (primary N) is 1. The Morgan fingerprint density at radius 2 is 2.12 bits per heavy atom. The highest BCUT2D eigenvalue weighted by molar-refractivity contribution is 5.73. The lowest BCUT2D eigenvalue weighted by atomic mass is 9.95. The van der Waals surface area contributed by atoms with E-state index in [0.717, 1.165) is 37.3 Å². The van der Waals surface area contributed by atoms with Crippen molar-refractivity contribution in [1.29, 1.82) is 0 Å². The topological polar surface area (TPSA) is 73.4 Å². The Morgan fingerprint density at radius 1 is 1.35 bits per heavy atom. The average molecular weight is 364 g/mol. The summed E-state index contributed by atoms with van der Waals surface area (Å²) >= 11 is 0. The maximum Gasteiger partial charge on any atom is 0.387 e. The van der Waals surface area contributed by atoms with Crippen LogP contribution >= 0.6 is 0 Å². The lowest BCUT2D eigenvalue weighted by Gasteiger charge is -2.31. The summed E-state index contributed by atoms with van der Waals surface area (Å²) in [6, 6.07) is 6.81. The van der Waals surface area contributed by atoms with Crippen molar-refractivity contribution in [1.82, 2.24) is 14.5 Å². The summed E-state index contributed by atoms with van der Waals surface area (Å²) < 4.78 is 30.9. The van der Waals surface area contributed by atoms with Gasteiger partial charge in [-0.2, -0.15) is 8.78 Å². The standard InChI is InChI=1S/C18H22F2N4O2/c19-18(20)26-15-3-1-2-13(10-15)11-23-7-4-14(5-8-23)17-22-6-9-24(17)12-16(21)25/h1-3,6,9-10,14,18H,4-5,7-8,11-12H2,(H2,21,25). The number of carbonyl (C=O) groups is 1. The number of ether oxygens (including phenoxy) is 1. The van der Waals surface area contributed by atoms with Crippen molar-refractivity contribution in [2.24, 2.45) is 5.73 Å². The quantitative estimate of drug-likeness (QED) is 0.819. The number of likely N-dealkylation sites (tertiary alicyclic amines) is 1. The Hall–Kier alpha value is -2.48. The van der Waals surface area contributed by atoms with E-state index in [9.17, 15) is 13.6 Å². The van der Waals surface area contributed by atoms with Gasteiger partial charge < -0.3 is 15.0 Å². The summed E-state index contributed by atoms with van der Waals surface area (Å²) in [4.78, 5) is 17.8. The van der Waals surface area contributed by atoms with Crippen LogP contribution in [0.3, 0.4) is 0 Å². The number of carbonyl (C=O) groups excluding carboxylic acids is 1. The van der Waals surface area contributed by atoms with Crippen LogP contribution in [0, 0.1) is 0 Å². The largest absolute Gasteiger partial charge is 0.435 e. The van der Waals surface area contributed by atoms with E-state index < -0.39 is 6.61 Å². The van der Waals surface area contributed by atoms with Crippen molar-refractivity contribution in [3.8, 4) is 5.75 Å². The number of benzene rings is 1. The predicted molar refractivity (Wildman–Crippen MR) is 91.7 cm³/mol. The van der Waals surface area contributed by atoms with Crippen LogP contribution in [-0.2, 0) is 17.9 Å². The summed E-state index contributed by atoms with van der Waals surface area (Å²) in [5, 5.41) is 0. The number of nitrogens with zero attached hydrogens (tertiary/aromatic N) is 3. The van der Waals surface area contributed by atoms with Crippen LogP contribution in [0.1, 0.15) is 30.1 Å². The van der Waals surface area contributed by atoms with Gasteiger partial charge in [0, 0.05) is 24.9 Å². The Morgan fingerprint density at radius 3 is 2.81 bits per heavy atom. The summed E-state index contributed by atoms with van der Waals surface area (Å²) in [5.41, 5.74) is 6.22. The van der Waals surface area contributed by atoms with Crippen molar-refractivity contribution in [3.05, 3.63) is 48.0 Å². The molecule has 0 saturated carbocycles. The molecule has 0 spiro atoms. The molecule has 2 aromatic rings. The number of alkyl halides is 2. The van der Waals surface area contributed by atoms with Gasteiger partial charge in [0.2, 0.25) is 5.91 Å². The fourth-order valence-corrected chi connectivity index (χ4v) is 3.41. The van der Waals surface area contributed by atoms with Crippen LogP contribution < -0.4 is 10.5 Å². The first-order valence-corrected chi connectivity index (χ1v) is 8.56. The van der Waals surface area contributed by atoms with E-state index in [4.69, 9.17) is 5.73 Å². The number of piperidine rings is 1. The van der Waals surface area contributed by atoms with Crippen LogP contribution in [-0.4, -0.2) is 40.1 Å². The van der Waals surface area contributed by atoms with Gasteiger partial charge in [0.05, 0.1) is 0 Å². The minimum absolute atomic E-state index is 0.145. The van der Waals surface area contributed by atoms with Crippen LogP contribution in [0.15, 0.2) is 36.7 Å². The molecule has 2 heterocycles. The maximum absolute atomic E-state index is 12.3. The number of primary amides is 1. The van der Waals surface area contributed by atoms with Gasteiger partial charge in [-0.15, -0.1) is 0 Å². The molecule has 6 nitrogen and oxygen atoms in total. The molecule has 8 heteroatoms. The van der Waals surface area contributed by atoms with E-state index in [1.54, 1.807) is 24.5 Å². The van der Waals surface area contributed by atoms with Crippen molar-refractivity contribution in [2.75, 3.05) is 13.1 Å². The molecule has 0 radical (unpaired) electrons. The Labute approximate surface area is 150 Å². The molecule has 1 aliphatic rings. The second-order valence-electron chi connectivity index (χ2n) is 6.46. The number of hydrogen-bond donors (Lipinski definition) is 1. The molecule has 1 amide bonds. The third-order valence-corrected chi connectivity index (χ3v) is 4.56. The maximum atomic E-state index is 12.3. The van der Waals surface area contributed by atoms with E-state index in [0.29, 0.717) is 6.54 Å². The second kappa shape index (κ2) is 8.27. The molecule has 2 N–H and O–H groups in total. The molecule has 26 heavy (non-hydrogen) atoms. The highest BCUT2D eigenvalue weighted by atomic mass is 19.3. The number of hydrogen-bond acceptors (Lipinski definition) is 4. The molecule has 0 bridgehead atoms. The van der Waals surface area contributed by atoms with Crippen molar-refractivity contribution in [2.45, 2.75) is 38.5 Å². The first-order valence-electron chi connectivity index (χ1n) is 8.56. The van der Waals surface area contributed by atoms with E-state index in [1.807, 2.05) is 10.6 Å². The first kappa shape index (κ1) is 18.3. The Bertz CT molecular complexity index is 742. The molecular formula is C18H22F2N4O2. The third kappa shape index (κ3) is 4.78. The molecule has 1 saturated heterocycles. The summed E-state index contributed by atoms with van der Waals surface area (Å²) in [6.45, 7) is -0.248. The van der Waals surface area contributed by atoms with Crippen molar-refractivity contribution >= 4 is 5.91 Å². The zero-order valence-electron chi connectivity index (χ0n) is 14.4. The summed E-state index contributed by atoms with van der Waals surface area (Å²) in [5.74, 6) is 0.985. The van der Waals surface area contributed by atoms with Gasteiger partial charge in [-0.1, -0.05) is 12.1 Å². The van der Waals surface area contributed by atoms with Crippen LogP contribution in [0.5, 0.6) is 5.75 Å². The van der Waals surface area contributed by atoms with E-state index in [-0.39, 0.29) is 24.1 Å². The molecular weight excluding hydrogens is 342 g/mol. The second-order valence-corrected chi connectivity index (χ2v) is 6.46. The fraction of sp³-hybridized carbons (Fsp3) is 0.444. The van der Waals surface area contributed by atoms with Gasteiger partial charge in [-0.25, -0.2) is 4.98 Å². The van der Waals surface area contributed by atoms with Crippen molar-refractivity contribution in [3.63, 3.8) is 0 Å². The molecule has 1 aromatic heterocycles. The number of aromatic nitrogens is 2. The van der Waals surface area contributed by atoms with Crippen molar-refractivity contribution < 1.29 is 18.3 Å². The lowest BCUT2D eigenvalue weighted by Crippen LogP contribution is -2.33. The van der Waals surface area contributed by atoms with Gasteiger partial charge in [-0.3, -0.25) is 9.69 Å². The lowest BCUT2D eigenvalue weighted by molar-refractivity contribution is -0.118.